The van der Waals surface area contributed by atoms with Crippen LogP contribution >= 0.6 is 0 Å². The van der Waals surface area contributed by atoms with Crippen molar-refractivity contribution in [2.24, 2.45) is 0 Å². The predicted octanol–water partition coefficient (Wildman–Crippen LogP) is 1.10. The summed E-state index contributed by atoms with van der Waals surface area (Å²) in [6.07, 6.45) is -0.698. The highest BCUT2D eigenvalue weighted by Crippen LogP contribution is 2.17. The summed E-state index contributed by atoms with van der Waals surface area (Å²) in [4.78, 5) is 0. The fourth-order valence-corrected chi connectivity index (χ4v) is 1.16. The number of ether oxygens (including phenoxy) is 1. The van der Waals surface area contributed by atoms with Crippen molar-refractivity contribution in [1.29, 1.82) is 0 Å². The second-order valence-electron chi connectivity index (χ2n) is 2.88. The molecule has 0 aliphatic heterocycles. The van der Waals surface area contributed by atoms with Crippen LogP contribution in [0.5, 0.6) is 5.75 Å². The summed E-state index contributed by atoms with van der Waals surface area (Å²) in [5.74, 6) is 0.778. The molecule has 0 saturated heterocycles. The zero-order chi connectivity index (χ0) is 10.4. The lowest BCUT2D eigenvalue weighted by Crippen LogP contribution is -2.17. The Labute approximate surface area is 83.1 Å². The monoisotopic (exact) mass is 197 g/mol. The second-order valence-corrected chi connectivity index (χ2v) is 2.88. The van der Waals surface area contributed by atoms with E-state index in [0.29, 0.717) is 6.61 Å². The maximum atomic E-state index is 9.48. The van der Waals surface area contributed by atoms with Gasteiger partial charge in [0.2, 0.25) is 0 Å². The quantitative estimate of drug-likeness (QED) is 0.618. The first-order chi connectivity index (χ1) is 6.77. The zero-order valence-electron chi connectivity index (χ0n) is 8.10. The van der Waals surface area contributed by atoms with E-state index in [2.05, 4.69) is 0 Å². The van der Waals surface area contributed by atoms with E-state index in [1.54, 1.807) is 24.3 Å². The van der Waals surface area contributed by atoms with Gasteiger partial charge in [-0.1, -0.05) is 12.1 Å². The Balaban J connectivity index is 2.62. The summed E-state index contributed by atoms with van der Waals surface area (Å²) in [7, 11) is 0. The van der Waals surface area contributed by atoms with Crippen LogP contribution in [0.25, 0.3) is 0 Å². The second kappa shape index (κ2) is 5.59. The molecular weight excluding hydrogens is 182 g/mol. The van der Waals surface area contributed by atoms with E-state index >= 15 is 0 Å². The molecule has 0 amide bonds. The summed E-state index contributed by atoms with van der Waals surface area (Å²) in [6.45, 7) is 2.66. The van der Waals surface area contributed by atoms with Crippen LogP contribution in [-0.4, -0.2) is 23.5 Å². The predicted molar refractivity (Wildman–Crippen MR) is 52.4 cm³/mol. The maximum Gasteiger partial charge on any atom is 0.119 e. The molecule has 0 heterocycles. The molecule has 78 valence electrons. The average Bonchev–Trinajstić information content (AvgIpc) is 2.20. The number of benzene rings is 1. The smallest absolute Gasteiger partial charge is 0.119 e. The Morgan fingerprint density at radius 1 is 1.36 bits per heavy atom. The van der Waals surface area contributed by atoms with Gasteiger partial charge in [0.15, 0.2) is 0 Å². The van der Waals surface area contributed by atoms with Gasteiger partial charge in [-0.15, -0.1) is 0 Å². The molecule has 4 heteroatoms. The van der Waals surface area contributed by atoms with Gasteiger partial charge in [0.1, 0.15) is 5.75 Å². The van der Waals surface area contributed by atoms with Crippen molar-refractivity contribution in [1.82, 2.24) is 5.48 Å². The van der Waals surface area contributed by atoms with Crippen LogP contribution in [0.2, 0.25) is 0 Å². The molecule has 0 radical (unpaired) electrons. The molecule has 4 nitrogen and oxygen atoms in total. The Kier molecular flexibility index (Phi) is 4.39. The largest absolute Gasteiger partial charge is 0.494 e. The highest BCUT2D eigenvalue weighted by molar-refractivity contribution is 5.28. The molecule has 1 aromatic carbocycles. The Morgan fingerprint density at radius 3 is 2.50 bits per heavy atom. The third kappa shape index (κ3) is 2.99. The number of nitrogens with one attached hydrogen (secondary N) is 1. The van der Waals surface area contributed by atoms with Gasteiger partial charge in [0, 0.05) is 0 Å². The molecule has 1 atom stereocenters. The van der Waals surface area contributed by atoms with Crippen LogP contribution in [0, 0.1) is 0 Å². The number of aliphatic hydroxyl groups excluding tert-OH is 1. The van der Waals surface area contributed by atoms with Gasteiger partial charge >= 0.3 is 0 Å². The molecule has 0 aliphatic carbocycles. The van der Waals surface area contributed by atoms with Crippen molar-refractivity contribution in [3.63, 3.8) is 0 Å². The van der Waals surface area contributed by atoms with Gasteiger partial charge in [-0.05, 0) is 24.6 Å². The number of aliphatic hydroxyl groups is 1. The van der Waals surface area contributed by atoms with Crippen LogP contribution in [0.4, 0.5) is 0 Å². The Morgan fingerprint density at radius 2 is 2.00 bits per heavy atom. The van der Waals surface area contributed by atoms with Crippen molar-refractivity contribution in [2.45, 2.75) is 13.0 Å². The lowest BCUT2D eigenvalue weighted by atomic mass is 10.1. The van der Waals surface area contributed by atoms with Gasteiger partial charge in [-0.25, -0.2) is 5.48 Å². The molecule has 0 aromatic heterocycles. The highest BCUT2D eigenvalue weighted by Gasteiger charge is 2.05. The number of rotatable bonds is 5. The van der Waals surface area contributed by atoms with E-state index in [4.69, 9.17) is 9.94 Å². The SMILES string of the molecule is CCOc1ccc(C(O)CNO)cc1. The van der Waals surface area contributed by atoms with Crippen molar-refractivity contribution >= 4 is 0 Å². The highest BCUT2D eigenvalue weighted by atomic mass is 16.5. The first-order valence-corrected chi connectivity index (χ1v) is 4.55. The zero-order valence-corrected chi connectivity index (χ0v) is 8.10. The average molecular weight is 197 g/mol. The summed E-state index contributed by atoms with van der Waals surface area (Å²) >= 11 is 0. The summed E-state index contributed by atoms with van der Waals surface area (Å²) < 4.78 is 5.25. The molecule has 0 aliphatic rings. The molecule has 0 spiro atoms. The minimum absolute atomic E-state index is 0.119. The van der Waals surface area contributed by atoms with Gasteiger partial charge in [0.25, 0.3) is 0 Å². The Hall–Kier alpha value is -1.10. The third-order valence-corrected chi connectivity index (χ3v) is 1.86. The molecule has 0 fully saturated rings. The van der Waals surface area contributed by atoms with E-state index in [1.807, 2.05) is 12.4 Å². The van der Waals surface area contributed by atoms with Gasteiger partial charge < -0.3 is 15.1 Å². The normalized spacial score (nSPS) is 12.5. The summed E-state index contributed by atoms with van der Waals surface area (Å²) in [5.41, 5.74) is 2.67. The van der Waals surface area contributed by atoms with E-state index in [1.165, 1.54) is 0 Å². The number of hydrogen-bond donors (Lipinski definition) is 3. The van der Waals surface area contributed by atoms with Gasteiger partial charge in [-0.3, -0.25) is 0 Å². The van der Waals surface area contributed by atoms with Crippen LogP contribution in [-0.2, 0) is 0 Å². The fraction of sp³-hybridized carbons (Fsp3) is 0.400. The van der Waals surface area contributed by atoms with Crippen molar-refractivity contribution in [3.8, 4) is 5.75 Å². The van der Waals surface area contributed by atoms with E-state index < -0.39 is 6.10 Å². The fourth-order valence-electron chi connectivity index (χ4n) is 1.16. The minimum Gasteiger partial charge on any atom is -0.494 e. The number of hydroxylamine groups is 1. The summed E-state index contributed by atoms with van der Waals surface area (Å²) in [5, 5.41) is 17.9. The first-order valence-electron chi connectivity index (χ1n) is 4.55. The topological polar surface area (TPSA) is 61.7 Å². The van der Waals surface area contributed by atoms with Crippen LogP contribution in [0.1, 0.15) is 18.6 Å². The van der Waals surface area contributed by atoms with Gasteiger partial charge in [-0.2, -0.15) is 0 Å². The first kappa shape index (κ1) is 11.0. The van der Waals surface area contributed by atoms with E-state index in [0.717, 1.165) is 11.3 Å². The minimum atomic E-state index is -0.698. The van der Waals surface area contributed by atoms with Crippen molar-refractivity contribution in [2.75, 3.05) is 13.2 Å². The van der Waals surface area contributed by atoms with E-state index in [-0.39, 0.29) is 6.54 Å². The molecule has 14 heavy (non-hydrogen) atoms. The molecule has 3 N–H and O–H groups in total. The molecule has 1 rings (SSSR count). The number of hydrogen-bond acceptors (Lipinski definition) is 4. The van der Waals surface area contributed by atoms with Gasteiger partial charge in [0.05, 0.1) is 19.3 Å². The Bertz CT molecular complexity index is 261. The molecule has 1 unspecified atom stereocenters. The van der Waals surface area contributed by atoms with Crippen molar-refractivity contribution in [3.05, 3.63) is 29.8 Å². The third-order valence-electron chi connectivity index (χ3n) is 1.86. The molecule has 0 saturated carbocycles. The summed E-state index contributed by atoms with van der Waals surface area (Å²) in [6, 6.07) is 7.12. The molecule has 0 bridgehead atoms. The lowest BCUT2D eigenvalue weighted by molar-refractivity contribution is 0.0921. The lowest BCUT2D eigenvalue weighted by Gasteiger charge is -2.10. The molecular formula is C10H15NO3. The van der Waals surface area contributed by atoms with Crippen molar-refractivity contribution < 1.29 is 15.1 Å². The van der Waals surface area contributed by atoms with Crippen LogP contribution < -0.4 is 10.2 Å². The van der Waals surface area contributed by atoms with Crippen LogP contribution in [0.3, 0.4) is 0 Å². The van der Waals surface area contributed by atoms with Crippen LogP contribution in [0.15, 0.2) is 24.3 Å². The molecule has 1 aromatic rings. The van der Waals surface area contributed by atoms with E-state index in [9.17, 15) is 5.11 Å². The standard InChI is InChI=1S/C10H15NO3/c1-2-14-9-5-3-8(4-6-9)10(12)7-11-13/h3-6,10-13H,2,7H2,1H3. The maximum absolute atomic E-state index is 9.48.